The Kier molecular flexibility index (Phi) is 7.68. The van der Waals surface area contributed by atoms with E-state index in [1.165, 1.54) is 28.6 Å². The van der Waals surface area contributed by atoms with E-state index in [1.807, 2.05) is 13.8 Å². The number of sulfonamides is 1. The fourth-order valence-corrected chi connectivity index (χ4v) is 4.56. The number of rotatable bonds is 7. The molecule has 1 unspecified atom stereocenters. The Morgan fingerprint density at radius 2 is 1.82 bits per heavy atom. The lowest BCUT2D eigenvalue weighted by molar-refractivity contribution is -0.139. The standard InChI is InChI=1S/C18H25ClN2O6S/c1-12(2)11-16(17(22)23)20-18(24)27-14-7-9-21(10-8-14)28(25,26)15-5-3-13(19)4-6-15/h3-6,12,14,16H,7-11H2,1-2H3,(H,20,24)(H,22,23). The second-order valence-electron chi connectivity index (χ2n) is 7.13. The third-order valence-corrected chi connectivity index (χ3v) is 6.59. The highest BCUT2D eigenvalue weighted by atomic mass is 35.5. The number of amides is 1. The quantitative estimate of drug-likeness (QED) is 0.684. The topological polar surface area (TPSA) is 113 Å². The summed E-state index contributed by atoms with van der Waals surface area (Å²) in [6.07, 6.45) is -0.302. The highest BCUT2D eigenvalue weighted by Crippen LogP contribution is 2.23. The first-order valence-electron chi connectivity index (χ1n) is 9.05. The molecule has 1 aromatic carbocycles. The van der Waals surface area contributed by atoms with Gasteiger partial charge in [0.25, 0.3) is 0 Å². The van der Waals surface area contributed by atoms with Crippen LogP contribution >= 0.6 is 11.6 Å². The number of piperidine rings is 1. The Hall–Kier alpha value is -1.84. The smallest absolute Gasteiger partial charge is 0.408 e. The molecule has 0 saturated carbocycles. The number of aliphatic carboxylic acids is 1. The average Bonchev–Trinajstić information content (AvgIpc) is 2.61. The molecule has 2 N–H and O–H groups in total. The number of benzene rings is 1. The molecule has 1 aromatic rings. The van der Waals surface area contributed by atoms with Gasteiger partial charge in [0, 0.05) is 18.1 Å². The first-order valence-corrected chi connectivity index (χ1v) is 10.9. The monoisotopic (exact) mass is 432 g/mol. The van der Waals surface area contributed by atoms with Crippen molar-refractivity contribution in [2.24, 2.45) is 5.92 Å². The van der Waals surface area contributed by atoms with Gasteiger partial charge in [0.05, 0.1) is 4.90 Å². The summed E-state index contributed by atoms with van der Waals surface area (Å²) in [5, 5.41) is 12.0. The van der Waals surface area contributed by atoms with Crippen LogP contribution in [0.1, 0.15) is 33.1 Å². The molecule has 156 valence electrons. The lowest BCUT2D eigenvalue weighted by Gasteiger charge is -2.31. The van der Waals surface area contributed by atoms with Crippen LogP contribution < -0.4 is 5.32 Å². The van der Waals surface area contributed by atoms with Gasteiger partial charge in [0.2, 0.25) is 10.0 Å². The summed E-state index contributed by atoms with van der Waals surface area (Å²) in [4.78, 5) is 23.4. The van der Waals surface area contributed by atoms with Gasteiger partial charge in [0.1, 0.15) is 12.1 Å². The van der Waals surface area contributed by atoms with Crippen molar-refractivity contribution >= 4 is 33.7 Å². The van der Waals surface area contributed by atoms with Crippen LogP contribution in [0.2, 0.25) is 5.02 Å². The molecule has 2 rings (SSSR count). The van der Waals surface area contributed by atoms with Gasteiger partial charge in [-0.3, -0.25) is 0 Å². The number of carboxylic acids is 1. The fourth-order valence-electron chi connectivity index (χ4n) is 2.97. The number of nitrogens with zero attached hydrogens (tertiary/aromatic N) is 1. The van der Waals surface area contributed by atoms with Gasteiger partial charge in [0.15, 0.2) is 0 Å². The van der Waals surface area contributed by atoms with Gasteiger partial charge in [-0.1, -0.05) is 25.4 Å². The lowest BCUT2D eigenvalue weighted by Crippen LogP contribution is -2.45. The minimum atomic E-state index is -3.63. The van der Waals surface area contributed by atoms with Crippen molar-refractivity contribution < 1.29 is 27.9 Å². The Morgan fingerprint density at radius 1 is 1.25 bits per heavy atom. The molecule has 10 heteroatoms. The van der Waals surface area contributed by atoms with Crippen molar-refractivity contribution in [1.82, 2.24) is 9.62 Å². The highest BCUT2D eigenvalue weighted by Gasteiger charge is 2.31. The van der Waals surface area contributed by atoms with E-state index in [-0.39, 0.29) is 23.9 Å². The Morgan fingerprint density at radius 3 is 2.32 bits per heavy atom. The van der Waals surface area contributed by atoms with E-state index < -0.39 is 34.2 Å². The molecule has 0 bridgehead atoms. The van der Waals surface area contributed by atoms with Crippen molar-refractivity contribution in [2.45, 2.75) is 50.2 Å². The van der Waals surface area contributed by atoms with Gasteiger partial charge in [-0.05, 0) is 49.4 Å². The maximum absolute atomic E-state index is 12.6. The van der Waals surface area contributed by atoms with Crippen molar-refractivity contribution in [3.63, 3.8) is 0 Å². The number of nitrogens with one attached hydrogen (secondary N) is 1. The molecule has 0 spiro atoms. The SMILES string of the molecule is CC(C)CC(NC(=O)OC1CCN(S(=O)(=O)c2ccc(Cl)cc2)CC1)C(=O)O. The summed E-state index contributed by atoms with van der Waals surface area (Å²) in [5.74, 6) is -1.02. The van der Waals surface area contributed by atoms with Crippen LogP contribution in [0.3, 0.4) is 0 Å². The number of ether oxygens (including phenoxy) is 1. The molecule has 1 amide bonds. The zero-order valence-corrected chi connectivity index (χ0v) is 17.4. The molecule has 0 aliphatic carbocycles. The zero-order valence-electron chi connectivity index (χ0n) is 15.8. The first kappa shape index (κ1) is 22.4. The molecule has 28 heavy (non-hydrogen) atoms. The van der Waals surface area contributed by atoms with Crippen molar-refractivity contribution in [2.75, 3.05) is 13.1 Å². The summed E-state index contributed by atoms with van der Waals surface area (Å²) in [7, 11) is -3.63. The maximum Gasteiger partial charge on any atom is 0.408 e. The number of halogens is 1. The number of carbonyl (C=O) groups is 2. The van der Waals surface area contributed by atoms with Crippen LogP contribution in [0.15, 0.2) is 29.2 Å². The van der Waals surface area contributed by atoms with Crippen LogP contribution in [0.25, 0.3) is 0 Å². The van der Waals surface area contributed by atoms with Crippen molar-refractivity contribution in [3.05, 3.63) is 29.3 Å². The number of hydrogen-bond donors (Lipinski definition) is 2. The van der Waals surface area contributed by atoms with E-state index in [9.17, 15) is 23.1 Å². The molecule has 1 saturated heterocycles. The lowest BCUT2D eigenvalue weighted by atomic mass is 10.0. The van der Waals surface area contributed by atoms with E-state index in [0.717, 1.165) is 0 Å². The van der Waals surface area contributed by atoms with E-state index in [1.54, 1.807) is 0 Å². The van der Waals surface area contributed by atoms with Crippen molar-refractivity contribution in [3.8, 4) is 0 Å². The molecule has 1 atom stereocenters. The number of alkyl carbamates (subject to hydrolysis) is 1. The van der Waals surface area contributed by atoms with E-state index in [4.69, 9.17) is 16.3 Å². The van der Waals surface area contributed by atoms with Crippen LogP contribution in [-0.4, -0.2) is 55.1 Å². The first-order chi connectivity index (χ1) is 13.1. The van der Waals surface area contributed by atoms with Crippen LogP contribution in [0.4, 0.5) is 4.79 Å². The minimum absolute atomic E-state index is 0.0997. The molecule has 1 aliphatic rings. The van der Waals surface area contributed by atoms with E-state index in [2.05, 4.69) is 5.32 Å². The van der Waals surface area contributed by atoms with Gasteiger partial charge in [-0.15, -0.1) is 0 Å². The molecular weight excluding hydrogens is 408 g/mol. The van der Waals surface area contributed by atoms with E-state index in [0.29, 0.717) is 24.3 Å². The molecule has 1 heterocycles. The predicted molar refractivity (Wildman–Crippen MR) is 104 cm³/mol. The normalized spacial score (nSPS) is 17.3. The second-order valence-corrected chi connectivity index (χ2v) is 9.50. The van der Waals surface area contributed by atoms with E-state index >= 15 is 0 Å². The van der Waals surface area contributed by atoms with Crippen LogP contribution in [0, 0.1) is 5.92 Å². The Bertz CT molecular complexity index is 789. The predicted octanol–water partition coefficient (Wildman–Crippen LogP) is 2.72. The molecule has 0 radical (unpaired) electrons. The van der Waals surface area contributed by atoms with Crippen LogP contribution in [-0.2, 0) is 19.6 Å². The maximum atomic E-state index is 12.6. The van der Waals surface area contributed by atoms with Gasteiger partial charge in [-0.25, -0.2) is 18.0 Å². The number of hydrogen-bond acceptors (Lipinski definition) is 5. The summed E-state index contributed by atoms with van der Waals surface area (Å²) in [5.41, 5.74) is 0. The summed E-state index contributed by atoms with van der Waals surface area (Å²) < 4.78 is 31.9. The van der Waals surface area contributed by atoms with Crippen LogP contribution in [0.5, 0.6) is 0 Å². The minimum Gasteiger partial charge on any atom is -0.480 e. The fraction of sp³-hybridized carbons (Fsp3) is 0.556. The second kappa shape index (κ2) is 9.58. The summed E-state index contributed by atoms with van der Waals surface area (Å²) in [6, 6.07) is 4.93. The average molecular weight is 433 g/mol. The molecule has 0 aromatic heterocycles. The van der Waals surface area contributed by atoms with Gasteiger partial charge < -0.3 is 15.2 Å². The summed E-state index contributed by atoms with van der Waals surface area (Å²) in [6.45, 7) is 4.13. The third kappa shape index (κ3) is 6.08. The highest BCUT2D eigenvalue weighted by molar-refractivity contribution is 7.89. The number of carbonyl (C=O) groups excluding carboxylic acids is 1. The molecule has 1 fully saturated rings. The number of carboxylic acid groups (broad SMARTS) is 1. The molecular formula is C18H25ClN2O6S. The van der Waals surface area contributed by atoms with Gasteiger partial charge >= 0.3 is 12.1 Å². The third-order valence-electron chi connectivity index (χ3n) is 4.42. The largest absolute Gasteiger partial charge is 0.480 e. The molecule has 1 aliphatic heterocycles. The zero-order chi connectivity index (χ0) is 20.9. The van der Waals surface area contributed by atoms with Crippen molar-refractivity contribution in [1.29, 1.82) is 0 Å². The van der Waals surface area contributed by atoms with Gasteiger partial charge in [-0.2, -0.15) is 4.31 Å². The summed E-state index contributed by atoms with van der Waals surface area (Å²) >= 11 is 5.80. The molecule has 8 nitrogen and oxygen atoms in total. The Balaban J connectivity index is 1.88. The Labute approximate surface area is 169 Å².